The maximum Gasteiger partial charge on any atom is 0.358 e. The molecule has 1 aromatic carbocycles. The molecule has 0 bridgehead atoms. The first-order valence-corrected chi connectivity index (χ1v) is 7.76. The minimum absolute atomic E-state index is 0.102. The number of methoxy groups -OCH3 is 1. The van der Waals surface area contributed by atoms with Crippen molar-refractivity contribution in [1.29, 1.82) is 0 Å². The smallest absolute Gasteiger partial charge is 0.358 e. The van der Waals surface area contributed by atoms with Crippen LogP contribution in [0.1, 0.15) is 39.2 Å². The van der Waals surface area contributed by atoms with E-state index in [4.69, 9.17) is 10.5 Å². The van der Waals surface area contributed by atoms with E-state index in [0.717, 1.165) is 0 Å². The maximum absolute atomic E-state index is 11.8. The van der Waals surface area contributed by atoms with Crippen molar-refractivity contribution in [3.05, 3.63) is 29.8 Å². The molecule has 1 aromatic rings. The van der Waals surface area contributed by atoms with E-state index in [9.17, 15) is 19.8 Å². The SMILES string of the molecule is CCCC(=O)N[C@](O)(C(=O)O)[C@H](N)C(C)(C)c1ccc(OC)cc1. The topological polar surface area (TPSA) is 122 Å². The zero-order valence-electron chi connectivity index (χ0n) is 14.5. The van der Waals surface area contributed by atoms with Crippen molar-refractivity contribution in [2.24, 2.45) is 5.73 Å². The van der Waals surface area contributed by atoms with E-state index >= 15 is 0 Å². The molecule has 0 aliphatic rings. The molecule has 0 unspecified atom stereocenters. The van der Waals surface area contributed by atoms with Crippen LogP contribution in [0.25, 0.3) is 0 Å². The molecular weight excluding hydrogens is 312 g/mol. The lowest BCUT2D eigenvalue weighted by molar-refractivity contribution is -0.170. The van der Waals surface area contributed by atoms with Crippen molar-refractivity contribution in [2.75, 3.05) is 7.11 Å². The van der Waals surface area contributed by atoms with Crippen molar-refractivity contribution >= 4 is 11.9 Å². The minimum Gasteiger partial charge on any atom is -0.497 e. The summed E-state index contributed by atoms with van der Waals surface area (Å²) in [6, 6.07) is 5.65. The molecule has 7 nitrogen and oxygen atoms in total. The van der Waals surface area contributed by atoms with Crippen LogP contribution >= 0.6 is 0 Å². The van der Waals surface area contributed by atoms with Gasteiger partial charge < -0.3 is 26.0 Å². The quantitative estimate of drug-likeness (QED) is 0.524. The van der Waals surface area contributed by atoms with Crippen LogP contribution in [0.2, 0.25) is 0 Å². The summed E-state index contributed by atoms with van der Waals surface area (Å²) in [6.45, 7) is 5.19. The van der Waals surface area contributed by atoms with E-state index in [1.165, 1.54) is 0 Å². The third-order valence-electron chi connectivity index (χ3n) is 4.19. The number of aliphatic carboxylic acids is 1. The van der Waals surface area contributed by atoms with Crippen LogP contribution in [-0.4, -0.2) is 41.0 Å². The number of carboxylic acids is 1. The Morgan fingerprint density at radius 2 is 1.83 bits per heavy atom. The van der Waals surface area contributed by atoms with E-state index in [2.05, 4.69) is 5.32 Å². The number of ether oxygens (including phenoxy) is 1. The Hall–Kier alpha value is -2.12. The predicted octanol–water partition coefficient (Wildman–Crippen LogP) is 0.990. The Kier molecular flexibility index (Phi) is 6.34. The molecule has 0 saturated heterocycles. The first-order valence-electron chi connectivity index (χ1n) is 7.76. The number of aliphatic hydroxyl groups is 1. The number of hydrogen-bond donors (Lipinski definition) is 4. The largest absolute Gasteiger partial charge is 0.497 e. The summed E-state index contributed by atoms with van der Waals surface area (Å²) in [5, 5.41) is 22.2. The molecule has 0 aliphatic carbocycles. The molecule has 0 fully saturated rings. The summed E-state index contributed by atoms with van der Waals surface area (Å²) in [5.41, 5.74) is 3.30. The van der Waals surface area contributed by atoms with Crippen molar-refractivity contribution in [3.63, 3.8) is 0 Å². The van der Waals surface area contributed by atoms with E-state index in [1.54, 1.807) is 52.1 Å². The maximum atomic E-state index is 11.8. The fraction of sp³-hybridized carbons (Fsp3) is 0.529. The fourth-order valence-electron chi connectivity index (χ4n) is 2.49. The van der Waals surface area contributed by atoms with Crippen LogP contribution < -0.4 is 15.8 Å². The number of rotatable bonds is 8. The predicted molar refractivity (Wildman–Crippen MR) is 89.6 cm³/mol. The number of carbonyl (C=O) groups excluding carboxylic acids is 1. The van der Waals surface area contributed by atoms with Gasteiger partial charge in [-0.15, -0.1) is 0 Å². The number of carbonyl (C=O) groups is 2. The summed E-state index contributed by atoms with van der Waals surface area (Å²) in [7, 11) is 1.54. The van der Waals surface area contributed by atoms with Crippen molar-refractivity contribution in [1.82, 2.24) is 5.32 Å². The first-order chi connectivity index (χ1) is 11.1. The summed E-state index contributed by atoms with van der Waals surface area (Å²) >= 11 is 0. The van der Waals surface area contributed by atoms with Crippen LogP contribution in [0, 0.1) is 0 Å². The normalized spacial score (nSPS) is 15.2. The lowest BCUT2D eigenvalue weighted by Crippen LogP contribution is -2.69. The molecule has 7 heteroatoms. The van der Waals surface area contributed by atoms with Crippen LogP contribution in [0.5, 0.6) is 5.75 Å². The molecule has 1 rings (SSSR count). The standard InChI is InChI=1S/C17H26N2O5/c1-5-6-13(20)19-17(23,15(21)22)14(18)16(2,3)11-7-9-12(24-4)10-8-11/h7-10,14,23H,5-6,18H2,1-4H3,(H,19,20)(H,21,22)/t14-,17-/m1/s1. The third kappa shape index (κ3) is 4.04. The zero-order chi connectivity index (χ0) is 18.5. The lowest BCUT2D eigenvalue weighted by atomic mass is 9.73. The third-order valence-corrected chi connectivity index (χ3v) is 4.19. The van der Waals surface area contributed by atoms with Gasteiger partial charge in [-0.05, 0) is 24.1 Å². The molecule has 134 valence electrons. The average molecular weight is 338 g/mol. The fourth-order valence-corrected chi connectivity index (χ4v) is 2.49. The van der Waals surface area contributed by atoms with Gasteiger partial charge in [-0.25, -0.2) is 4.79 Å². The van der Waals surface area contributed by atoms with Gasteiger partial charge in [0.1, 0.15) is 5.75 Å². The van der Waals surface area contributed by atoms with Crippen molar-refractivity contribution in [3.8, 4) is 5.75 Å². The van der Waals surface area contributed by atoms with Crippen molar-refractivity contribution in [2.45, 2.75) is 50.8 Å². The molecule has 1 amide bonds. The first kappa shape index (κ1) is 19.9. The molecule has 5 N–H and O–H groups in total. The van der Waals surface area contributed by atoms with Gasteiger partial charge in [-0.1, -0.05) is 32.9 Å². The van der Waals surface area contributed by atoms with Gasteiger partial charge in [-0.2, -0.15) is 0 Å². The monoisotopic (exact) mass is 338 g/mol. The minimum atomic E-state index is -2.57. The number of nitrogens with one attached hydrogen (secondary N) is 1. The molecule has 0 heterocycles. The lowest BCUT2D eigenvalue weighted by Gasteiger charge is -2.40. The Balaban J connectivity index is 3.17. The highest BCUT2D eigenvalue weighted by Gasteiger charge is 2.51. The second-order valence-corrected chi connectivity index (χ2v) is 6.30. The summed E-state index contributed by atoms with van der Waals surface area (Å²) in [5.74, 6) is -1.52. The van der Waals surface area contributed by atoms with Crippen LogP contribution in [-0.2, 0) is 15.0 Å². The number of benzene rings is 1. The summed E-state index contributed by atoms with van der Waals surface area (Å²) in [6.07, 6.45) is 0.629. The average Bonchev–Trinajstić information content (AvgIpc) is 2.53. The summed E-state index contributed by atoms with van der Waals surface area (Å²) < 4.78 is 5.10. The van der Waals surface area contributed by atoms with Crippen molar-refractivity contribution < 1.29 is 24.5 Å². The van der Waals surface area contributed by atoms with Gasteiger partial charge in [0.25, 0.3) is 5.72 Å². The van der Waals surface area contributed by atoms with Crippen LogP contribution in [0.4, 0.5) is 0 Å². The van der Waals surface area contributed by atoms with E-state index in [0.29, 0.717) is 17.7 Å². The van der Waals surface area contributed by atoms with E-state index < -0.39 is 29.1 Å². The Bertz CT molecular complexity index is 585. The van der Waals surface area contributed by atoms with Gasteiger partial charge in [-0.3, -0.25) is 4.79 Å². The summed E-state index contributed by atoms with van der Waals surface area (Å²) in [4.78, 5) is 23.4. The van der Waals surface area contributed by atoms with Gasteiger partial charge in [0.15, 0.2) is 0 Å². The molecule has 0 radical (unpaired) electrons. The van der Waals surface area contributed by atoms with Crippen LogP contribution in [0.15, 0.2) is 24.3 Å². The number of amides is 1. The van der Waals surface area contributed by atoms with Gasteiger partial charge in [0.05, 0.1) is 13.2 Å². The van der Waals surface area contributed by atoms with E-state index in [-0.39, 0.29) is 6.42 Å². The Labute approximate surface area is 141 Å². The highest BCUT2D eigenvalue weighted by atomic mass is 16.5. The molecule has 0 saturated carbocycles. The molecule has 0 aliphatic heterocycles. The Morgan fingerprint density at radius 1 is 1.29 bits per heavy atom. The molecule has 24 heavy (non-hydrogen) atoms. The number of nitrogens with two attached hydrogens (primary N) is 1. The zero-order valence-corrected chi connectivity index (χ0v) is 14.5. The molecule has 0 spiro atoms. The molecule has 0 aromatic heterocycles. The Morgan fingerprint density at radius 3 is 2.25 bits per heavy atom. The van der Waals surface area contributed by atoms with E-state index in [1.807, 2.05) is 0 Å². The van der Waals surface area contributed by atoms with Crippen LogP contribution in [0.3, 0.4) is 0 Å². The highest BCUT2D eigenvalue weighted by molar-refractivity contribution is 5.86. The molecule has 2 atom stereocenters. The highest BCUT2D eigenvalue weighted by Crippen LogP contribution is 2.32. The van der Waals surface area contributed by atoms with Gasteiger partial charge >= 0.3 is 5.97 Å². The van der Waals surface area contributed by atoms with Gasteiger partial charge in [0.2, 0.25) is 5.91 Å². The number of hydrogen-bond acceptors (Lipinski definition) is 5. The molecular formula is C17H26N2O5. The second-order valence-electron chi connectivity index (χ2n) is 6.30. The van der Waals surface area contributed by atoms with Gasteiger partial charge in [0, 0.05) is 11.8 Å². The second kappa shape index (κ2) is 7.63. The number of carboxylic acid groups (broad SMARTS) is 1.